The summed E-state index contributed by atoms with van der Waals surface area (Å²) in [5.74, 6) is -0.530. The van der Waals surface area contributed by atoms with Crippen LogP contribution in [0.2, 0.25) is 0 Å². The summed E-state index contributed by atoms with van der Waals surface area (Å²) < 4.78 is 10.9. The third kappa shape index (κ3) is 1.62. The van der Waals surface area contributed by atoms with Crippen LogP contribution in [0.25, 0.3) is 0 Å². The number of nitrogens with zero attached hydrogens (tertiary/aromatic N) is 1. The van der Waals surface area contributed by atoms with Gasteiger partial charge in [0.2, 0.25) is 5.91 Å². The molecule has 17 heavy (non-hydrogen) atoms. The molecule has 0 radical (unpaired) electrons. The molecule has 3 heterocycles. The molecule has 3 saturated heterocycles. The Kier molecular flexibility index (Phi) is 2.35. The van der Waals surface area contributed by atoms with Gasteiger partial charge in [0, 0.05) is 6.54 Å². The van der Waals surface area contributed by atoms with Crippen molar-refractivity contribution >= 4 is 11.9 Å². The number of urea groups is 1. The first-order valence-corrected chi connectivity index (χ1v) is 5.65. The summed E-state index contributed by atoms with van der Waals surface area (Å²) >= 11 is 0. The Hall–Kier alpha value is -1.18. The van der Waals surface area contributed by atoms with Crippen molar-refractivity contribution in [1.29, 1.82) is 0 Å². The van der Waals surface area contributed by atoms with Crippen molar-refractivity contribution < 1.29 is 24.2 Å². The lowest BCUT2D eigenvalue weighted by molar-refractivity contribution is -0.133. The largest absolute Gasteiger partial charge is 0.394 e. The van der Waals surface area contributed by atoms with Gasteiger partial charge in [0.1, 0.15) is 18.3 Å². The van der Waals surface area contributed by atoms with Gasteiger partial charge in [-0.1, -0.05) is 6.92 Å². The molecule has 2 unspecified atom stereocenters. The van der Waals surface area contributed by atoms with E-state index in [9.17, 15) is 9.59 Å². The number of imide groups is 1. The summed E-state index contributed by atoms with van der Waals surface area (Å²) in [6.45, 7) is 1.94. The number of aliphatic hydroxyl groups excluding tert-OH is 1. The number of amides is 3. The molecule has 0 spiro atoms. The van der Waals surface area contributed by atoms with Crippen LogP contribution in [0.5, 0.6) is 0 Å². The molecule has 7 nitrogen and oxygen atoms in total. The van der Waals surface area contributed by atoms with E-state index in [1.54, 1.807) is 6.92 Å². The third-order valence-electron chi connectivity index (χ3n) is 3.42. The maximum atomic E-state index is 11.7. The monoisotopic (exact) mass is 242 g/mol. The molecule has 3 aliphatic heterocycles. The molecule has 5 atom stereocenters. The van der Waals surface area contributed by atoms with Crippen LogP contribution < -0.4 is 5.32 Å². The number of carbonyl (C=O) groups is 2. The second kappa shape index (κ2) is 3.66. The zero-order chi connectivity index (χ0) is 12.2. The SMILES string of the molecule is CC1CN(C2O[C@H](CO)[C@H]3O[C@@H]23)C(=O)NC1=O. The standard InChI is InChI=1S/C10H14N2O5/c1-4-2-12(10(15)11-8(4)14)9-7-6(17-7)5(3-13)16-9/h4-7,9,13H,2-3H2,1H3,(H,11,14,15)/t4?,5-,6-,7-,9?/m1/s1. The second-order valence-electron chi connectivity index (χ2n) is 4.66. The van der Waals surface area contributed by atoms with Crippen molar-refractivity contribution in [2.75, 3.05) is 13.2 Å². The predicted octanol–water partition coefficient (Wildman–Crippen LogP) is -1.34. The smallest absolute Gasteiger partial charge is 0.326 e. The molecule has 0 bridgehead atoms. The topological polar surface area (TPSA) is 91.4 Å². The highest BCUT2D eigenvalue weighted by molar-refractivity contribution is 5.97. The molecule has 3 fully saturated rings. The summed E-state index contributed by atoms with van der Waals surface area (Å²) in [5.41, 5.74) is 0. The molecule has 0 aromatic carbocycles. The normalized spacial score (nSPS) is 44.6. The van der Waals surface area contributed by atoms with Crippen LogP contribution in [0.15, 0.2) is 0 Å². The molecular weight excluding hydrogens is 228 g/mol. The first-order valence-electron chi connectivity index (χ1n) is 5.65. The number of ether oxygens (including phenoxy) is 2. The number of nitrogens with one attached hydrogen (secondary N) is 1. The van der Waals surface area contributed by atoms with Gasteiger partial charge in [-0.2, -0.15) is 0 Å². The Bertz CT molecular complexity index is 374. The van der Waals surface area contributed by atoms with Crippen LogP contribution >= 0.6 is 0 Å². The van der Waals surface area contributed by atoms with E-state index in [0.29, 0.717) is 6.54 Å². The highest BCUT2D eigenvalue weighted by Crippen LogP contribution is 2.41. The fourth-order valence-corrected chi connectivity index (χ4v) is 2.38. The van der Waals surface area contributed by atoms with E-state index >= 15 is 0 Å². The van der Waals surface area contributed by atoms with Gasteiger partial charge in [-0.05, 0) is 0 Å². The first-order chi connectivity index (χ1) is 8.11. The molecular formula is C10H14N2O5. The molecule has 0 aromatic rings. The molecule has 7 heteroatoms. The van der Waals surface area contributed by atoms with Crippen molar-refractivity contribution in [3.05, 3.63) is 0 Å². The minimum absolute atomic E-state index is 0.120. The zero-order valence-electron chi connectivity index (χ0n) is 9.33. The number of epoxide rings is 1. The van der Waals surface area contributed by atoms with E-state index in [2.05, 4.69) is 5.32 Å². The van der Waals surface area contributed by atoms with Crippen molar-refractivity contribution in [1.82, 2.24) is 10.2 Å². The van der Waals surface area contributed by atoms with Crippen molar-refractivity contribution in [3.63, 3.8) is 0 Å². The summed E-state index contributed by atoms with van der Waals surface area (Å²) in [6.07, 6.45) is -1.15. The summed E-state index contributed by atoms with van der Waals surface area (Å²) in [7, 11) is 0. The molecule has 0 aromatic heterocycles. The van der Waals surface area contributed by atoms with Gasteiger partial charge < -0.3 is 14.6 Å². The van der Waals surface area contributed by atoms with E-state index in [1.807, 2.05) is 0 Å². The molecule has 0 aliphatic carbocycles. The minimum atomic E-state index is -0.493. The van der Waals surface area contributed by atoms with Gasteiger partial charge in [-0.25, -0.2) is 4.79 Å². The van der Waals surface area contributed by atoms with Gasteiger partial charge in [-0.15, -0.1) is 0 Å². The van der Waals surface area contributed by atoms with Gasteiger partial charge in [-0.3, -0.25) is 15.0 Å². The lowest BCUT2D eigenvalue weighted by Crippen LogP contribution is -2.58. The fraction of sp³-hybridized carbons (Fsp3) is 0.800. The Morgan fingerprint density at radius 1 is 1.41 bits per heavy atom. The van der Waals surface area contributed by atoms with Crippen LogP contribution in [-0.4, -0.2) is 59.6 Å². The summed E-state index contributed by atoms with van der Waals surface area (Å²) in [4.78, 5) is 24.5. The Balaban J connectivity index is 1.73. The molecule has 3 aliphatic rings. The van der Waals surface area contributed by atoms with E-state index in [0.717, 1.165) is 0 Å². The number of hydrogen-bond acceptors (Lipinski definition) is 5. The number of carbonyl (C=O) groups excluding carboxylic acids is 2. The van der Waals surface area contributed by atoms with Crippen LogP contribution in [0, 0.1) is 5.92 Å². The van der Waals surface area contributed by atoms with Gasteiger partial charge in [0.05, 0.1) is 12.5 Å². The van der Waals surface area contributed by atoms with Crippen molar-refractivity contribution in [3.8, 4) is 0 Å². The Morgan fingerprint density at radius 3 is 2.82 bits per heavy atom. The molecule has 3 amide bonds. The predicted molar refractivity (Wildman–Crippen MR) is 53.8 cm³/mol. The second-order valence-corrected chi connectivity index (χ2v) is 4.66. The average molecular weight is 242 g/mol. The number of rotatable bonds is 2. The lowest BCUT2D eigenvalue weighted by atomic mass is 10.1. The van der Waals surface area contributed by atoms with Crippen molar-refractivity contribution in [2.24, 2.45) is 5.92 Å². The molecule has 0 saturated carbocycles. The highest BCUT2D eigenvalue weighted by atomic mass is 16.7. The van der Waals surface area contributed by atoms with Crippen LogP contribution in [0.4, 0.5) is 4.79 Å². The summed E-state index contributed by atoms with van der Waals surface area (Å²) in [5, 5.41) is 11.3. The highest BCUT2D eigenvalue weighted by Gasteiger charge is 2.61. The van der Waals surface area contributed by atoms with Crippen LogP contribution in [0.3, 0.4) is 0 Å². The van der Waals surface area contributed by atoms with Gasteiger partial charge in [0.25, 0.3) is 0 Å². The van der Waals surface area contributed by atoms with E-state index in [-0.39, 0.29) is 36.7 Å². The zero-order valence-corrected chi connectivity index (χ0v) is 9.33. The number of hydrogen-bond donors (Lipinski definition) is 2. The quantitative estimate of drug-likeness (QED) is 0.585. The van der Waals surface area contributed by atoms with E-state index in [1.165, 1.54) is 4.90 Å². The third-order valence-corrected chi connectivity index (χ3v) is 3.42. The van der Waals surface area contributed by atoms with Crippen LogP contribution in [-0.2, 0) is 14.3 Å². The maximum Gasteiger partial charge on any atom is 0.326 e. The number of fused-ring (bicyclic) bond motifs is 1. The fourth-order valence-electron chi connectivity index (χ4n) is 2.38. The average Bonchev–Trinajstić information content (AvgIpc) is 3.00. The van der Waals surface area contributed by atoms with Crippen molar-refractivity contribution in [2.45, 2.75) is 31.5 Å². The van der Waals surface area contributed by atoms with Crippen LogP contribution in [0.1, 0.15) is 6.92 Å². The summed E-state index contributed by atoms with van der Waals surface area (Å²) in [6, 6.07) is -0.453. The minimum Gasteiger partial charge on any atom is -0.394 e. The first kappa shape index (κ1) is 10.9. The Labute approximate surface area is 97.7 Å². The number of aliphatic hydroxyl groups is 1. The molecule has 3 rings (SSSR count). The van der Waals surface area contributed by atoms with E-state index in [4.69, 9.17) is 14.6 Å². The molecule has 2 N–H and O–H groups in total. The molecule has 94 valence electrons. The Morgan fingerprint density at radius 2 is 2.18 bits per heavy atom. The van der Waals surface area contributed by atoms with E-state index < -0.39 is 12.3 Å². The van der Waals surface area contributed by atoms with Gasteiger partial charge >= 0.3 is 6.03 Å². The lowest BCUT2D eigenvalue weighted by Gasteiger charge is -2.35. The van der Waals surface area contributed by atoms with Gasteiger partial charge in [0.15, 0.2) is 6.23 Å². The maximum absolute atomic E-state index is 11.7.